The van der Waals surface area contributed by atoms with Crippen molar-refractivity contribution < 1.29 is 5.11 Å². The van der Waals surface area contributed by atoms with Gasteiger partial charge in [-0.05, 0) is 23.8 Å². The average Bonchev–Trinajstić information content (AvgIpc) is 2.54. The summed E-state index contributed by atoms with van der Waals surface area (Å²) in [6.07, 6.45) is 0.737. The Hall–Kier alpha value is -1.17. The van der Waals surface area contributed by atoms with Crippen LogP contribution in [0.1, 0.15) is 13.3 Å². The molecule has 0 aliphatic rings. The lowest BCUT2D eigenvalue weighted by Crippen LogP contribution is -2.27. The lowest BCUT2D eigenvalue weighted by molar-refractivity contribution is 0.289. The van der Waals surface area contributed by atoms with Crippen LogP contribution in [-0.4, -0.2) is 45.0 Å². The monoisotopic (exact) mass is 185 g/mol. The maximum atomic E-state index is 8.69. The van der Waals surface area contributed by atoms with Gasteiger partial charge in [0.1, 0.15) is 0 Å². The van der Waals surface area contributed by atoms with Crippen LogP contribution in [0.15, 0.2) is 0 Å². The average molecular weight is 185 g/mol. The maximum Gasteiger partial charge on any atom is 0.245 e. The summed E-state index contributed by atoms with van der Waals surface area (Å²) >= 11 is 0. The molecule has 0 aliphatic heterocycles. The number of rotatable bonds is 5. The van der Waals surface area contributed by atoms with Gasteiger partial charge in [-0.25, -0.2) is 4.68 Å². The first-order chi connectivity index (χ1) is 6.29. The van der Waals surface area contributed by atoms with Gasteiger partial charge in [-0.3, -0.25) is 0 Å². The van der Waals surface area contributed by atoms with E-state index in [2.05, 4.69) is 15.5 Å². The molecule has 0 radical (unpaired) electrons. The van der Waals surface area contributed by atoms with Crippen LogP contribution >= 0.6 is 0 Å². The Balaban J connectivity index is 2.61. The Morgan fingerprint density at radius 2 is 2.31 bits per heavy atom. The van der Waals surface area contributed by atoms with Crippen molar-refractivity contribution in [1.29, 1.82) is 0 Å². The normalized spacial score (nSPS) is 10.4. The number of aliphatic hydroxyl groups is 1. The Morgan fingerprint density at radius 3 is 2.77 bits per heavy atom. The second-order valence-electron chi connectivity index (χ2n) is 2.76. The van der Waals surface area contributed by atoms with E-state index in [0.29, 0.717) is 0 Å². The topological polar surface area (TPSA) is 67.1 Å². The van der Waals surface area contributed by atoms with Crippen LogP contribution in [0.2, 0.25) is 0 Å². The number of aromatic nitrogens is 4. The molecule has 0 aliphatic carbocycles. The number of hydrogen-bond donors (Lipinski definition) is 1. The Labute approximate surface area is 77.2 Å². The van der Waals surface area contributed by atoms with E-state index in [1.165, 1.54) is 0 Å². The van der Waals surface area contributed by atoms with Crippen LogP contribution in [0, 0.1) is 0 Å². The van der Waals surface area contributed by atoms with E-state index in [9.17, 15) is 0 Å². The fraction of sp³-hybridized carbons (Fsp3) is 0.857. The molecule has 1 heterocycles. The van der Waals surface area contributed by atoms with Gasteiger partial charge in [0.15, 0.2) is 0 Å². The summed E-state index contributed by atoms with van der Waals surface area (Å²) in [5, 5.41) is 19.9. The molecule has 1 N–H and O–H groups in total. The highest BCUT2D eigenvalue weighted by Gasteiger charge is 2.09. The number of nitrogens with zero attached hydrogens (tertiary/aromatic N) is 5. The van der Waals surface area contributed by atoms with E-state index in [4.69, 9.17) is 5.11 Å². The molecular weight excluding hydrogens is 170 g/mol. The first-order valence-corrected chi connectivity index (χ1v) is 4.37. The van der Waals surface area contributed by atoms with Crippen molar-refractivity contribution in [3.63, 3.8) is 0 Å². The zero-order chi connectivity index (χ0) is 9.68. The smallest absolute Gasteiger partial charge is 0.245 e. The molecule has 0 unspecified atom stereocenters. The molecule has 13 heavy (non-hydrogen) atoms. The summed E-state index contributed by atoms with van der Waals surface area (Å²) < 4.78 is 1.63. The van der Waals surface area contributed by atoms with Crippen molar-refractivity contribution in [3.05, 3.63) is 0 Å². The van der Waals surface area contributed by atoms with Crippen molar-refractivity contribution in [1.82, 2.24) is 20.2 Å². The van der Waals surface area contributed by atoms with Gasteiger partial charge < -0.3 is 10.0 Å². The Kier molecular flexibility index (Phi) is 3.63. The van der Waals surface area contributed by atoms with Gasteiger partial charge in [0.2, 0.25) is 5.95 Å². The van der Waals surface area contributed by atoms with Gasteiger partial charge in [0.05, 0.1) is 0 Å². The fourth-order valence-electron chi connectivity index (χ4n) is 1.15. The summed E-state index contributed by atoms with van der Waals surface area (Å²) in [7, 11) is 1.80. The highest BCUT2D eigenvalue weighted by atomic mass is 16.3. The first-order valence-electron chi connectivity index (χ1n) is 4.37. The molecule has 0 spiro atoms. The van der Waals surface area contributed by atoms with Crippen molar-refractivity contribution in [2.24, 2.45) is 7.05 Å². The molecule has 0 saturated carbocycles. The van der Waals surface area contributed by atoms with Crippen LogP contribution in [0.4, 0.5) is 5.95 Å². The molecule has 0 fully saturated rings. The van der Waals surface area contributed by atoms with Gasteiger partial charge in [-0.15, -0.1) is 0 Å². The van der Waals surface area contributed by atoms with Gasteiger partial charge in [0, 0.05) is 26.7 Å². The maximum absolute atomic E-state index is 8.69. The second kappa shape index (κ2) is 4.76. The predicted octanol–water partition coefficient (Wildman–Crippen LogP) is -0.581. The van der Waals surface area contributed by atoms with E-state index < -0.39 is 0 Å². The molecule has 0 saturated heterocycles. The Bertz CT molecular complexity index is 249. The number of tetrazole rings is 1. The minimum absolute atomic E-state index is 0.196. The van der Waals surface area contributed by atoms with Crippen LogP contribution in [0.25, 0.3) is 0 Å². The molecule has 74 valence electrons. The summed E-state index contributed by atoms with van der Waals surface area (Å²) in [4.78, 5) is 2.02. The zero-order valence-corrected chi connectivity index (χ0v) is 8.01. The van der Waals surface area contributed by atoms with E-state index in [-0.39, 0.29) is 6.61 Å². The molecule has 0 aromatic carbocycles. The molecule has 6 nitrogen and oxygen atoms in total. The number of aryl methyl sites for hydroxylation is 1. The van der Waals surface area contributed by atoms with Crippen molar-refractivity contribution in [2.45, 2.75) is 13.3 Å². The molecular formula is C7H15N5O. The number of hydrogen-bond acceptors (Lipinski definition) is 5. The summed E-state index contributed by atoms with van der Waals surface area (Å²) in [5.41, 5.74) is 0. The lowest BCUT2D eigenvalue weighted by Gasteiger charge is -2.19. The first kappa shape index (κ1) is 9.91. The number of aliphatic hydroxyl groups excluding tert-OH is 1. The highest BCUT2D eigenvalue weighted by Crippen LogP contribution is 2.05. The zero-order valence-electron chi connectivity index (χ0n) is 8.01. The van der Waals surface area contributed by atoms with E-state index in [1.54, 1.807) is 11.7 Å². The van der Waals surface area contributed by atoms with Gasteiger partial charge in [-0.1, -0.05) is 5.10 Å². The van der Waals surface area contributed by atoms with Gasteiger partial charge >= 0.3 is 0 Å². The standard InChI is InChI=1S/C7H15N5O/c1-3-12(5-4-6-13)7-8-9-10-11(7)2/h13H,3-6H2,1-2H3. The third kappa shape index (κ3) is 2.38. The van der Waals surface area contributed by atoms with E-state index in [1.807, 2.05) is 11.8 Å². The van der Waals surface area contributed by atoms with E-state index in [0.717, 1.165) is 25.5 Å². The minimum Gasteiger partial charge on any atom is -0.396 e. The molecule has 1 aromatic rings. The SMILES string of the molecule is CCN(CCCO)c1nnnn1C. The summed E-state index contributed by atoms with van der Waals surface area (Å²) in [6, 6.07) is 0. The van der Waals surface area contributed by atoms with Crippen molar-refractivity contribution in [3.8, 4) is 0 Å². The fourth-order valence-corrected chi connectivity index (χ4v) is 1.15. The van der Waals surface area contributed by atoms with Crippen LogP contribution < -0.4 is 4.90 Å². The molecule has 1 aromatic heterocycles. The Morgan fingerprint density at radius 1 is 1.54 bits per heavy atom. The quantitative estimate of drug-likeness (QED) is 0.664. The molecule has 6 heteroatoms. The molecule has 1 rings (SSSR count). The van der Waals surface area contributed by atoms with Crippen LogP contribution in [0.5, 0.6) is 0 Å². The minimum atomic E-state index is 0.196. The summed E-state index contributed by atoms with van der Waals surface area (Å²) in [5.74, 6) is 0.746. The van der Waals surface area contributed by atoms with Gasteiger partial charge in [-0.2, -0.15) is 0 Å². The van der Waals surface area contributed by atoms with Crippen LogP contribution in [0.3, 0.4) is 0 Å². The van der Waals surface area contributed by atoms with Crippen molar-refractivity contribution in [2.75, 3.05) is 24.6 Å². The third-order valence-corrected chi connectivity index (χ3v) is 1.85. The third-order valence-electron chi connectivity index (χ3n) is 1.85. The predicted molar refractivity (Wildman–Crippen MR) is 48.4 cm³/mol. The van der Waals surface area contributed by atoms with E-state index >= 15 is 0 Å². The number of anilines is 1. The highest BCUT2D eigenvalue weighted by molar-refractivity contribution is 5.26. The second-order valence-corrected chi connectivity index (χ2v) is 2.76. The van der Waals surface area contributed by atoms with Crippen molar-refractivity contribution >= 4 is 5.95 Å². The van der Waals surface area contributed by atoms with Gasteiger partial charge in [0.25, 0.3) is 0 Å². The molecule has 0 atom stereocenters. The molecule has 0 bridgehead atoms. The summed E-state index contributed by atoms with van der Waals surface area (Å²) in [6.45, 7) is 3.85. The molecule has 0 amide bonds. The largest absolute Gasteiger partial charge is 0.396 e. The lowest BCUT2D eigenvalue weighted by atomic mass is 10.4. The van der Waals surface area contributed by atoms with Crippen LogP contribution in [-0.2, 0) is 7.05 Å².